The Morgan fingerprint density at radius 3 is 2.52 bits per heavy atom. The number of aliphatic hydroxyl groups excluding tert-OH is 1. The number of aliphatic hydroxyl groups is 1. The molecule has 1 aliphatic heterocycles. The number of hydrogen-bond donors (Lipinski definition) is 1. The molecule has 1 saturated heterocycles. The highest BCUT2D eigenvalue weighted by molar-refractivity contribution is 6.46. The number of aryl methyl sites for hydroxylation is 1. The van der Waals surface area contributed by atoms with Crippen molar-refractivity contribution in [1.29, 1.82) is 0 Å². The summed E-state index contributed by atoms with van der Waals surface area (Å²) in [6.45, 7) is 2.37. The molecule has 3 rings (SSSR count). The van der Waals surface area contributed by atoms with Gasteiger partial charge in [-0.25, -0.2) is 4.39 Å². The first-order chi connectivity index (χ1) is 12.9. The minimum atomic E-state index is -0.764. The Morgan fingerprint density at radius 2 is 1.89 bits per heavy atom. The highest BCUT2D eigenvalue weighted by Gasteiger charge is 2.45. The molecule has 0 bridgehead atoms. The summed E-state index contributed by atoms with van der Waals surface area (Å²) in [5, 5.41) is 10.8. The maximum Gasteiger partial charge on any atom is 0.295 e. The van der Waals surface area contributed by atoms with Gasteiger partial charge < -0.3 is 14.7 Å². The summed E-state index contributed by atoms with van der Waals surface area (Å²) in [5.41, 5.74) is 1.95. The van der Waals surface area contributed by atoms with Crippen molar-refractivity contribution in [2.45, 2.75) is 13.0 Å². The number of ketones is 1. The number of amides is 1. The van der Waals surface area contributed by atoms with Crippen molar-refractivity contribution in [1.82, 2.24) is 4.90 Å². The maximum atomic E-state index is 13.2. The van der Waals surface area contributed by atoms with Crippen LogP contribution in [0.5, 0.6) is 0 Å². The zero-order valence-electron chi connectivity index (χ0n) is 15.1. The molecule has 0 spiro atoms. The summed E-state index contributed by atoms with van der Waals surface area (Å²) < 4.78 is 18.3. The number of halogens is 1. The fraction of sp³-hybridized carbons (Fsp3) is 0.238. The van der Waals surface area contributed by atoms with Gasteiger partial charge in [-0.05, 0) is 36.8 Å². The van der Waals surface area contributed by atoms with E-state index in [1.807, 2.05) is 25.1 Å². The molecule has 0 aliphatic carbocycles. The molecule has 27 heavy (non-hydrogen) atoms. The van der Waals surface area contributed by atoms with E-state index in [2.05, 4.69) is 0 Å². The van der Waals surface area contributed by atoms with Crippen LogP contribution < -0.4 is 0 Å². The zero-order valence-corrected chi connectivity index (χ0v) is 15.1. The summed E-state index contributed by atoms with van der Waals surface area (Å²) in [6, 6.07) is 11.8. The normalized spacial score (nSPS) is 18.9. The number of rotatable bonds is 5. The first kappa shape index (κ1) is 18.8. The Kier molecular flexibility index (Phi) is 5.37. The van der Waals surface area contributed by atoms with Crippen molar-refractivity contribution in [3.63, 3.8) is 0 Å². The monoisotopic (exact) mass is 369 g/mol. The average molecular weight is 369 g/mol. The van der Waals surface area contributed by atoms with Crippen LogP contribution in [-0.4, -0.2) is 42.0 Å². The van der Waals surface area contributed by atoms with Crippen molar-refractivity contribution < 1.29 is 23.8 Å². The Morgan fingerprint density at radius 1 is 1.19 bits per heavy atom. The Hall–Kier alpha value is -2.99. The second-order valence-corrected chi connectivity index (χ2v) is 6.41. The van der Waals surface area contributed by atoms with Crippen LogP contribution in [0.3, 0.4) is 0 Å². The third-order valence-corrected chi connectivity index (χ3v) is 4.55. The smallest absolute Gasteiger partial charge is 0.295 e. The van der Waals surface area contributed by atoms with Crippen LogP contribution in [0.2, 0.25) is 0 Å². The molecule has 1 unspecified atom stereocenters. The number of nitrogens with zero attached hydrogens (tertiary/aromatic N) is 1. The molecule has 1 aliphatic rings. The second kappa shape index (κ2) is 7.72. The average Bonchev–Trinajstić information content (AvgIpc) is 2.91. The lowest BCUT2D eigenvalue weighted by atomic mass is 9.94. The quantitative estimate of drug-likeness (QED) is 0.499. The van der Waals surface area contributed by atoms with Crippen molar-refractivity contribution in [3.8, 4) is 0 Å². The molecule has 1 N–H and O–H groups in total. The molecule has 2 aromatic carbocycles. The lowest BCUT2D eigenvalue weighted by molar-refractivity contribution is -0.140. The third-order valence-electron chi connectivity index (χ3n) is 4.55. The van der Waals surface area contributed by atoms with E-state index in [4.69, 9.17) is 4.74 Å². The van der Waals surface area contributed by atoms with E-state index in [1.165, 1.54) is 36.3 Å². The highest BCUT2D eigenvalue weighted by Crippen LogP contribution is 2.39. The van der Waals surface area contributed by atoms with Crippen LogP contribution in [0.4, 0.5) is 4.39 Å². The van der Waals surface area contributed by atoms with Gasteiger partial charge in [0.15, 0.2) is 0 Å². The number of likely N-dealkylation sites (tertiary alicyclic amines) is 1. The standard InChI is InChI=1S/C21H20FNO4/c1-13-4-3-5-15(12-13)18-17(19(24)14-6-8-16(22)9-7-14)20(25)21(26)23(18)10-11-27-2/h3-9,12,18,24H,10-11H2,1-2H3/b19-17-. The van der Waals surface area contributed by atoms with E-state index in [1.54, 1.807) is 6.07 Å². The molecule has 0 radical (unpaired) electrons. The molecule has 0 saturated carbocycles. The van der Waals surface area contributed by atoms with Crippen LogP contribution in [0.15, 0.2) is 54.1 Å². The number of carbonyl (C=O) groups excluding carboxylic acids is 2. The van der Waals surface area contributed by atoms with Crippen LogP contribution in [0.1, 0.15) is 22.7 Å². The molecule has 140 valence electrons. The van der Waals surface area contributed by atoms with Gasteiger partial charge in [0.05, 0.1) is 18.2 Å². The summed E-state index contributed by atoms with van der Waals surface area (Å²) in [7, 11) is 1.51. The topological polar surface area (TPSA) is 66.8 Å². The van der Waals surface area contributed by atoms with Crippen molar-refractivity contribution in [2.24, 2.45) is 0 Å². The zero-order chi connectivity index (χ0) is 19.6. The fourth-order valence-corrected chi connectivity index (χ4v) is 3.25. The summed E-state index contributed by atoms with van der Waals surface area (Å²) in [6.07, 6.45) is 0. The molecule has 0 aromatic heterocycles. The van der Waals surface area contributed by atoms with Gasteiger partial charge in [0.2, 0.25) is 0 Å². The van der Waals surface area contributed by atoms with Crippen LogP contribution in [0.25, 0.3) is 5.76 Å². The van der Waals surface area contributed by atoms with Gasteiger partial charge in [0.25, 0.3) is 11.7 Å². The van der Waals surface area contributed by atoms with Crippen LogP contribution >= 0.6 is 0 Å². The van der Waals surface area contributed by atoms with Gasteiger partial charge in [-0.2, -0.15) is 0 Å². The Labute approximate surface area is 156 Å². The summed E-state index contributed by atoms with van der Waals surface area (Å²) in [5.74, 6) is -2.23. The van der Waals surface area contributed by atoms with E-state index < -0.39 is 23.5 Å². The number of carbonyl (C=O) groups is 2. The molecular formula is C21H20FNO4. The van der Waals surface area contributed by atoms with Gasteiger partial charge in [-0.3, -0.25) is 9.59 Å². The third kappa shape index (κ3) is 3.61. The molecule has 2 aromatic rings. The molecule has 1 atom stereocenters. The summed E-state index contributed by atoms with van der Waals surface area (Å²) in [4.78, 5) is 26.7. The van der Waals surface area contributed by atoms with Crippen molar-refractivity contribution in [2.75, 3.05) is 20.3 Å². The van der Waals surface area contributed by atoms with E-state index >= 15 is 0 Å². The van der Waals surface area contributed by atoms with Crippen molar-refractivity contribution >= 4 is 17.4 Å². The largest absolute Gasteiger partial charge is 0.507 e. The molecule has 1 heterocycles. The van der Waals surface area contributed by atoms with E-state index in [-0.39, 0.29) is 30.0 Å². The molecule has 1 amide bonds. The number of Topliss-reactive ketones (excluding diaryl/α,β-unsaturated/α-hetero) is 1. The molecule has 6 heteroatoms. The van der Waals surface area contributed by atoms with E-state index in [0.29, 0.717) is 5.56 Å². The SMILES string of the molecule is COCCN1C(=O)C(=O)/C(=C(\O)c2ccc(F)cc2)C1c1cccc(C)c1. The summed E-state index contributed by atoms with van der Waals surface area (Å²) >= 11 is 0. The highest BCUT2D eigenvalue weighted by atomic mass is 19.1. The minimum absolute atomic E-state index is 0.00619. The van der Waals surface area contributed by atoms with Crippen LogP contribution in [-0.2, 0) is 14.3 Å². The van der Waals surface area contributed by atoms with Gasteiger partial charge in [0, 0.05) is 19.2 Å². The predicted octanol–water partition coefficient (Wildman–Crippen LogP) is 3.20. The van der Waals surface area contributed by atoms with E-state index in [9.17, 15) is 19.1 Å². The van der Waals surface area contributed by atoms with Crippen LogP contribution in [0, 0.1) is 12.7 Å². The van der Waals surface area contributed by atoms with Gasteiger partial charge >= 0.3 is 0 Å². The van der Waals surface area contributed by atoms with Gasteiger partial charge in [-0.15, -0.1) is 0 Å². The predicted molar refractivity (Wildman–Crippen MR) is 98.5 cm³/mol. The lowest BCUT2D eigenvalue weighted by Gasteiger charge is -2.25. The second-order valence-electron chi connectivity index (χ2n) is 6.41. The fourth-order valence-electron chi connectivity index (χ4n) is 3.25. The lowest BCUT2D eigenvalue weighted by Crippen LogP contribution is -2.32. The minimum Gasteiger partial charge on any atom is -0.507 e. The van der Waals surface area contributed by atoms with E-state index in [0.717, 1.165) is 5.56 Å². The number of benzene rings is 2. The molecular weight excluding hydrogens is 349 g/mol. The molecule has 5 nitrogen and oxygen atoms in total. The number of ether oxygens (including phenoxy) is 1. The maximum absolute atomic E-state index is 13.2. The first-order valence-electron chi connectivity index (χ1n) is 8.54. The van der Waals surface area contributed by atoms with Gasteiger partial charge in [-0.1, -0.05) is 29.8 Å². The Bertz CT molecular complexity index is 905. The number of methoxy groups -OCH3 is 1. The number of hydrogen-bond acceptors (Lipinski definition) is 4. The first-order valence-corrected chi connectivity index (χ1v) is 8.54. The van der Waals surface area contributed by atoms with Gasteiger partial charge in [0.1, 0.15) is 11.6 Å². The molecule has 1 fully saturated rings. The Balaban J connectivity index is 2.16. The van der Waals surface area contributed by atoms with Crippen molar-refractivity contribution in [3.05, 3.63) is 76.6 Å².